The molecule has 96 valence electrons. The minimum atomic E-state index is 0.764. The Labute approximate surface area is 105 Å². The van der Waals surface area contributed by atoms with E-state index in [2.05, 4.69) is 10.6 Å². The molecule has 16 heavy (non-hydrogen) atoms. The second kappa shape index (κ2) is 12.7. The molecule has 0 unspecified atom stereocenters. The summed E-state index contributed by atoms with van der Waals surface area (Å²) in [5.41, 5.74) is 10.8. The number of nitrogens with two attached hydrogens (primary N) is 2. The lowest BCUT2D eigenvalue weighted by molar-refractivity contribution is 0.649. The first kappa shape index (κ1) is 15.6. The Bertz CT molecular complexity index is 148. The maximum absolute atomic E-state index is 5.41. The molecule has 0 rings (SSSR count). The van der Waals surface area contributed by atoms with Gasteiger partial charge in [0.05, 0.1) is 0 Å². The third-order valence-corrected chi connectivity index (χ3v) is 2.62. The Morgan fingerprint density at radius 3 is 1.56 bits per heavy atom. The highest BCUT2D eigenvalue weighted by Crippen LogP contribution is 1.92. The van der Waals surface area contributed by atoms with E-state index in [0.717, 1.165) is 57.0 Å². The molecule has 0 saturated carbocycles. The van der Waals surface area contributed by atoms with Crippen molar-refractivity contribution in [1.82, 2.24) is 10.6 Å². The van der Waals surface area contributed by atoms with Crippen molar-refractivity contribution < 1.29 is 0 Å². The van der Waals surface area contributed by atoms with Gasteiger partial charge in [0.15, 0.2) is 5.11 Å². The maximum atomic E-state index is 5.41. The Balaban J connectivity index is 3.12. The van der Waals surface area contributed by atoms with Crippen LogP contribution in [0.25, 0.3) is 0 Å². The van der Waals surface area contributed by atoms with Crippen molar-refractivity contribution in [3.63, 3.8) is 0 Å². The van der Waals surface area contributed by atoms with Crippen LogP contribution in [-0.2, 0) is 0 Å². The van der Waals surface area contributed by atoms with Crippen molar-refractivity contribution >= 4 is 17.3 Å². The minimum Gasteiger partial charge on any atom is -0.363 e. The molecule has 0 bridgehead atoms. The molecule has 5 heteroatoms. The highest BCUT2D eigenvalue weighted by Gasteiger charge is 1.94. The summed E-state index contributed by atoms with van der Waals surface area (Å²) in [6, 6.07) is 0. The number of unbranched alkanes of at least 4 members (excludes halogenated alkanes) is 4. The van der Waals surface area contributed by atoms with E-state index in [9.17, 15) is 0 Å². The van der Waals surface area contributed by atoms with E-state index >= 15 is 0 Å². The lowest BCUT2D eigenvalue weighted by atomic mass is 10.2. The van der Waals surface area contributed by atoms with Crippen LogP contribution in [0.4, 0.5) is 0 Å². The third-order valence-electron chi connectivity index (χ3n) is 2.33. The fourth-order valence-electron chi connectivity index (χ4n) is 1.36. The van der Waals surface area contributed by atoms with E-state index in [1.807, 2.05) is 0 Å². The van der Waals surface area contributed by atoms with E-state index in [1.54, 1.807) is 0 Å². The van der Waals surface area contributed by atoms with Crippen LogP contribution in [0.15, 0.2) is 0 Å². The van der Waals surface area contributed by atoms with Gasteiger partial charge in [0.2, 0.25) is 0 Å². The summed E-state index contributed by atoms with van der Waals surface area (Å²) in [4.78, 5) is 0. The fraction of sp³-hybridized carbons (Fsp3) is 0.909. The molecule has 0 amide bonds. The zero-order chi connectivity index (χ0) is 12.1. The second-order valence-electron chi connectivity index (χ2n) is 3.88. The van der Waals surface area contributed by atoms with Crippen molar-refractivity contribution in [2.24, 2.45) is 11.5 Å². The molecule has 0 aromatic heterocycles. The largest absolute Gasteiger partial charge is 0.363 e. The lowest BCUT2D eigenvalue weighted by Crippen LogP contribution is -2.36. The lowest BCUT2D eigenvalue weighted by Gasteiger charge is -2.09. The quantitative estimate of drug-likeness (QED) is 0.337. The Hall–Kier alpha value is -0.390. The van der Waals surface area contributed by atoms with Crippen molar-refractivity contribution in [2.75, 3.05) is 26.2 Å². The molecule has 6 N–H and O–H groups in total. The number of thiocarbonyl (C=S) groups is 1. The average Bonchev–Trinajstić information content (AvgIpc) is 2.28. The van der Waals surface area contributed by atoms with Gasteiger partial charge in [0.25, 0.3) is 0 Å². The van der Waals surface area contributed by atoms with Crippen LogP contribution in [-0.4, -0.2) is 31.3 Å². The van der Waals surface area contributed by atoms with E-state index < -0.39 is 0 Å². The third kappa shape index (κ3) is 11.7. The van der Waals surface area contributed by atoms with Gasteiger partial charge >= 0.3 is 0 Å². The number of nitrogens with one attached hydrogen (secondary N) is 2. The van der Waals surface area contributed by atoms with Gasteiger partial charge in [-0.1, -0.05) is 12.8 Å². The van der Waals surface area contributed by atoms with Crippen LogP contribution < -0.4 is 22.1 Å². The zero-order valence-electron chi connectivity index (χ0n) is 10.1. The summed E-state index contributed by atoms with van der Waals surface area (Å²) in [6.45, 7) is 3.44. The van der Waals surface area contributed by atoms with Gasteiger partial charge in [-0.2, -0.15) is 0 Å². The van der Waals surface area contributed by atoms with Crippen LogP contribution in [0.5, 0.6) is 0 Å². The topological polar surface area (TPSA) is 76.1 Å². The summed E-state index contributed by atoms with van der Waals surface area (Å²) in [6.07, 6.45) is 6.80. The Morgan fingerprint density at radius 1 is 0.750 bits per heavy atom. The molecule has 0 spiro atoms. The van der Waals surface area contributed by atoms with Crippen molar-refractivity contribution in [2.45, 2.75) is 38.5 Å². The predicted molar refractivity (Wildman–Crippen MR) is 74.4 cm³/mol. The summed E-state index contributed by atoms with van der Waals surface area (Å²) in [5, 5.41) is 7.14. The van der Waals surface area contributed by atoms with E-state index in [4.69, 9.17) is 23.7 Å². The summed E-state index contributed by atoms with van der Waals surface area (Å²) in [5.74, 6) is 0. The molecular formula is C11H26N4S. The predicted octanol–water partition coefficient (Wildman–Crippen LogP) is 0.709. The molecule has 0 aromatic rings. The van der Waals surface area contributed by atoms with E-state index in [1.165, 1.54) is 12.8 Å². The molecule has 4 nitrogen and oxygen atoms in total. The van der Waals surface area contributed by atoms with E-state index in [0.29, 0.717) is 0 Å². The first-order chi connectivity index (χ1) is 7.81. The zero-order valence-corrected chi connectivity index (χ0v) is 11.0. The summed E-state index contributed by atoms with van der Waals surface area (Å²) in [7, 11) is 0. The molecule has 0 heterocycles. The average molecular weight is 246 g/mol. The van der Waals surface area contributed by atoms with Gasteiger partial charge in [-0.3, -0.25) is 0 Å². The highest BCUT2D eigenvalue weighted by molar-refractivity contribution is 7.80. The van der Waals surface area contributed by atoms with Crippen molar-refractivity contribution in [1.29, 1.82) is 0 Å². The molecule has 0 fully saturated rings. The smallest absolute Gasteiger partial charge is 0.166 e. The molecule has 0 atom stereocenters. The molecular weight excluding hydrogens is 220 g/mol. The molecule has 0 aliphatic heterocycles. The summed E-state index contributed by atoms with van der Waals surface area (Å²) >= 11 is 5.14. The monoisotopic (exact) mass is 246 g/mol. The molecule has 0 radical (unpaired) electrons. The van der Waals surface area contributed by atoms with Crippen LogP contribution in [0.3, 0.4) is 0 Å². The van der Waals surface area contributed by atoms with Gasteiger partial charge in [-0.05, 0) is 51.0 Å². The van der Waals surface area contributed by atoms with Crippen molar-refractivity contribution in [3.05, 3.63) is 0 Å². The number of hydrogen-bond acceptors (Lipinski definition) is 3. The molecule has 0 saturated heterocycles. The highest BCUT2D eigenvalue weighted by atomic mass is 32.1. The van der Waals surface area contributed by atoms with Crippen LogP contribution >= 0.6 is 12.2 Å². The SMILES string of the molecule is NCCCCCNC(=S)NCCCCCN. The van der Waals surface area contributed by atoms with Gasteiger partial charge in [0.1, 0.15) is 0 Å². The summed E-state index contributed by atoms with van der Waals surface area (Å²) < 4.78 is 0. The van der Waals surface area contributed by atoms with Gasteiger partial charge in [-0.15, -0.1) is 0 Å². The van der Waals surface area contributed by atoms with Crippen LogP contribution in [0.2, 0.25) is 0 Å². The Morgan fingerprint density at radius 2 is 1.19 bits per heavy atom. The van der Waals surface area contributed by atoms with Crippen LogP contribution in [0.1, 0.15) is 38.5 Å². The fourth-order valence-corrected chi connectivity index (χ4v) is 1.56. The van der Waals surface area contributed by atoms with E-state index in [-0.39, 0.29) is 0 Å². The molecule has 0 aliphatic carbocycles. The van der Waals surface area contributed by atoms with Crippen LogP contribution in [0, 0.1) is 0 Å². The van der Waals surface area contributed by atoms with Gasteiger partial charge < -0.3 is 22.1 Å². The first-order valence-corrected chi connectivity index (χ1v) is 6.64. The molecule has 0 aromatic carbocycles. The minimum absolute atomic E-state index is 0.764. The van der Waals surface area contributed by atoms with Crippen molar-refractivity contribution in [3.8, 4) is 0 Å². The second-order valence-corrected chi connectivity index (χ2v) is 4.29. The Kier molecular flexibility index (Phi) is 12.4. The van der Waals surface area contributed by atoms with Gasteiger partial charge in [0, 0.05) is 13.1 Å². The standard InChI is InChI=1S/C11H26N4S/c12-7-3-1-5-9-14-11(16)15-10-6-2-4-8-13/h1-10,12-13H2,(H2,14,15,16). The van der Waals surface area contributed by atoms with Gasteiger partial charge in [-0.25, -0.2) is 0 Å². The normalized spacial score (nSPS) is 10.1. The first-order valence-electron chi connectivity index (χ1n) is 6.23. The maximum Gasteiger partial charge on any atom is 0.166 e. The number of hydrogen-bond donors (Lipinski definition) is 4. The molecule has 0 aliphatic rings. The number of rotatable bonds is 10.